The van der Waals surface area contributed by atoms with E-state index in [1.807, 2.05) is 44.2 Å². The molecule has 0 aliphatic carbocycles. The zero-order valence-electron chi connectivity index (χ0n) is 16.3. The summed E-state index contributed by atoms with van der Waals surface area (Å²) in [6.07, 6.45) is 4.51. The molecule has 0 fully saturated rings. The number of methoxy groups -OCH3 is 2. The van der Waals surface area contributed by atoms with Crippen molar-refractivity contribution in [3.05, 3.63) is 41.0 Å². The molecule has 2 aromatic rings. The van der Waals surface area contributed by atoms with E-state index < -0.39 is 0 Å². The first-order chi connectivity index (χ1) is 12.6. The number of carbonyl (C=O) groups is 1. The molecule has 0 spiro atoms. The molecule has 0 atom stereocenters. The van der Waals surface area contributed by atoms with Crippen molar-refractivity contribution < 1.29 is 19.0 Å². The summed E-state index contributed by atoms with van der Waals surface area (Å²) in [5.41, 5.74) is 2.47. The molecule has 0 N–H and O–H groups in total. The van der Waals surface area contributed by atoms with E-state index in [0.717, 1.165) is 46.2 Å². The molecule has 4 heteroatoms. The van der Waals surface area contributed by atoms with Crippen LogP contribution in [0.1, 0.15) is 44.2 Å². The van der Waals surface area contributed by atoms with Crippen LogP contribution in [0.15, 0.2) is 29.8 Å². The van der Waals surface area contributed by atoms with Gasteiger partial charge in [-0.05, 0) is 32.8 Å². The summed E-state index contributed by atoms with van der Waals surface area (Å²) in [7, 11) is 3.32. The van der Waals surface area contributed by atoms with Crippen LogP contribution in [0.5, 0.6) is 11.5 Å². The Bertz CT molecular complexity index is 805. The molecule has 0 aliphatic heterocycles. The van der Waals surface area contributed by atoms with Gasteiger partial charge in [-0.25, -0.2) is 4.79 Å². The quantitative estimate of drug-likeness (QED) is 0.475. The smallest absolute Gasteiger partial charge is 0.334 e. The van der Waals surface area contributed by atoms with Gasteiger partial charge in [0.15, 0.2) is 0 Å². The maximum absolute atomic E-state index is 12.4. The van der Waals surface area contributed by atoms with E-state index in [-0.39, 0.29) is 5.97 Å². The minimum Gasteiger partial charge on any atom is -0.496 e. The van der Waals surface area contributed by atoms with Crippen LogP contribution in [0.25, 0.3) is 16.8 Å². The molecule has 0 aromatic heterocycles. The summed E-state index contributed by atoms with van der Waals surface area (Å²) < 4.78 is 16.7. The van der Waals surface area contributed by atoms with Gasteiger partial charge in [0.2, 0.25) is 0 Å². The molecule has 2 aromatic carbocycles. The molecule has 0 saturated heterocycles. The Morgan fingerprint density at radius 3 is 2.19 bits per heavy atom. The highest BCUT2D eigenvalue weighted by Crippen LogP contribution is 2.41. The first-order valence-corrected chi connectivity index (χ1v) is 9.09. The van der Waals surface area contributed by atoms with E-state index in [9.17, 15) is 4.79 Å². The van der Waals surface area contributed by atoms with Crippen molar-refractivity contribution in [3.63, 3.8) is 0 Å². The number of rotatable bonds is 8. The minimum atomic E-state index is -0.269. The van der Waals surface area contributed by atoms with E-state index in [4.69, 9.17) is 14.2 Å². The highest BCUT2D eigenvalue weighted by Gasteiger charge is 2.19. The van der Waals surface area contributed by atoms with Crippen molar-refractivity contribution in [2.24, 2.45) is 0 Å². The zero-order valence-corrected chi connectivity index (χ0v) is 16.3. The third-order valence-corrected chi connectivity index (χ3v) is 4.47. The van der Waals surface area contributed by atoms with Crippen molar-refractivity contribution in [2.45, 2.75) is 40.0 Å². The van der Waals surface area contributed by atoms with Gasteiger partial charge in [-0.2, -0.15) is 0 Å². The average molecular weight is 356 g/mol. The first-order valence-electron chi connectivity index (χ1n) is 9.09. The molecule has 0 bridgehead atoms. The van der Waals surface area contributed by atoms with Gasteiger partial charge in [-0.1, -0.05) is 37.6 Å². The molecule has 26 heavy (non-hydrogen) atoms. The lowest BCUT2D eigenvalue weighted by molar-refractivity contribution is -0.138. The lowest BCUT2D eigenvalue weighted by Gasteiger charge is -2.18. The van der Waals surface area contributed by atoms with Crippen LogP contribution in [0.2, 0.25) is 0 Å². The molecular weight excluding hydrogens is 328 g/mol. The number of hydrogen-bond donors (Lipinski definition) is 0. The molecule has 0 heterocycles. The fourth-order valence-corrected chi connectivity index (χ4v) is 3.17. The van der Waals surface area contributed by atoms with Crippen molar-refractivity contribution >= 4 is 22.8 Å². The van der Waals surface area contributed by atoms with Crippen molar-refractivity contribution in [2.75, 3.05) is 20.8 Å². The summed E-state index contributed by atoms with van der Waals surface area (Å²) in [6, 6.07) is 7.96. The van der Waals surface area contributed by atoms with E-state index >= 15 is 0 Å². The van der Waals surface area contributed by atoms with Crippen LogP contribution in [0, 0.1) is 6.92 Å². The van der Waals surface area contributed by atoms with E-state index in [0.29, 0.717) is 18.6 Å². The van der Waals surface area contributed by atoms with Gasteiger partial charge in [0.1, 0.15) is 11.5 Å². The van der Waals surface area contributed by atoms with Crippen LogP contribution < -0.4 is 9.47 Å². The predicted molar refractivity (Wildman–Crippen MR) is 106 cm³/mol. The van der Waals surface area contributed by atoms with Crippen LogP contribution in [-0.2, 0) is 9.53 Å². The second-order valence-corrected chi connectivity index (χ2v) is 6.14. The van der Waals surface area contributed by atoms with Crippen LogP contribution >= 0.6 is 0 Å². The van der Waals surface area contributed by atoms with Crippen LogP contribution in [0.3, 0.4) is 0 Å². The number of ether oxygens (including phenoxy) is 3. The Morgan fingerprint density at radius 2 is 1.65 bits per heavy atom. The lowest BCUT2D eigenvalue weighted by Crippen LogP contribution is -2.08. The maximum Gasteiger partial charge on any atom is 0.334 e. The summed E-state index contributed by atoms with van der Waals surface area (Å²) in [5, 5.41) is 1.95. The van der Waals surface area contributed by atoms with Gasteiger partial charge in [0, 0.05) is 27.5 Å². The molecule has 0 unspecified atom stereocenters. The third kappa shape index (κ3) is 4.01. The Labute approximate surface area is 155 Å². The van der Waals surface area contributed by atoms with Gasteiger partial charge in [-0.3, -0.25) is 0 Å². The molecule has 0 aliphatic rings. The summed E-state index contributed by atoms with van der Waals surface area (Å²) >= 11 is 0. The number of carbonyl (C=O) groups excluding carboxylic acids is 1. The number of benzene rings is 2. The van der Waals surface area contributed by atoms with Crippen molar-refractivity contribution in [1.82, 2.24) is 0 Å². The van der Waals surface area contributed by atoms with E-state index in [2.05, 4.69) is 6.92 Å². The van der Waals surface area contributed by atoms with Crippen LogP contribution in [-0.4, -0.2) is 26.8 Å². The highest BCUT2D eigenvalue weighted by molar-refractivity contribution is 6.01. The average Bonchev–Trinajstić information content (AvgIpc) is 2.65. The topological polar surface area (TPSA) is 44.8 Å². The Kier molecular flexibility index (Phi) is 7.07. The predicted octanol–water partition coefficient (Wildman–Crippen LogP) is 5.30. The largest absolute Gasteiger partial charge is 0.496 e. The number of hydrogen-bond acceptors (Lipinski definition) is 4. The fraction of sp³-hybridized carbons (Fsp3) is 0.409. The van der Waals surface area contributed by atoms with E-state index in [1.165, 1.54) is 0 Å². The number of esters is 1. The zero-order chi connectivity index (χ0) is 19.1. The van der Waals surface area contributed by atoms with Gasteiger partial charge in [0.25, 0.3) is 0 Å². The first kappa shape index (κ1) is 19.8. The Morgan fingerprint density at radius 1 is 1.04 bits per heavy atom. The summed E-state index contributed by atoms with van der Waals surface area (Å²) in [5.74, 6) is 1.28. The van der Waals surface area contributed by atoms with Crippen molar-refractivity contribution in [1.29, 1.82) is 0 Å². The molecule has 0 radical (unpaired) electrons. The molecule has 0 amide bonds. The van der Waals surface area contributed by atoms with Crippen LogP contribution in [0.4, 0.5) is 0 Å². The molecule has 140 valence electrons. The molecule has 2 rings (SSSR count). The normalized spacial score (nSPS) is 11.5. The monoisotopic (exact) mass is 356 g/mol. The Balaban J connectivity index is 2.72. The van der Waals surface area contributed by atoms with Gasteiger partial charge in [0.05, 0.1) is 20.8 Å². The molecular formula is C22H28O4. The summed E-state index contributed by atoms with van der Waals surface area (Å²) in [6.45, 7) is 6.27. The maximum atomic E-state index is 12.4. The van der Waals surface area contributed by atoms with Gasteiger partial charge >= 0.3 is 5.97 Å². The fourth-order valence-electron chi connectivity index (χ4n) is 3.17. The lowest BCUT2D eigenvalue weighted by atomic mass is 9.95. The summed E-state index contributed by atoms with van der Waals surface area (Å²) in [4.78, 5) is 12.4. The second-order valence-electron chi connectivity index (χ2n) is 6.14. The van der Waals surface area contributed by atoms with Crippen molar-refractivity contribution in [3.8, 4) is 11.5 Å². The molecule has 4 nitrogen and oxygen atoms in total. The molecule has 0 saturated carbocycles. The second kappa shape index (κ2) is 9.27. The Hall–Kier alpha value is -2.49. The minimum absolute atomic E-state index is 0.269. The number of fused-ring (bicyclic) bond motifs is 1. The highest BCUT2D eigenvalue weighted by atomic mass is 16.5. The third-order valence-electron chi connectivity index (χ3n) is 4.47. The standard InChI is InChI=1S/C22H28O4/c1-6-8-11-16(22(23)26-7-2)14-19-15(3)20(24-4)17-12-9-10-13-18(17)21(19)25-5/h9-10,12-14H,6-8,11H2,1-5H3/b16-14+. The van der Waals surface area contributed by atoms with E-state index in [1.54, 1.807) is 14.2 Å². The van der Waals surface area contributed by atoms with Gasteiger partial charge in [-0.15, -0.1) is 0 Å². The van der Waals surface area contributed by atoms with Gasteiger partial charge < -0.3 is 14.2 Å². The SMILES string of the molecule is CCCC/C(=C\c1c(C)c(OC)c2ccccc2c1OC)C(=O)OCC. The number of unbranched alkanes of at least 4 members (excludes halogenated alkanes) is 1.